The molecule has 0 aliphatic carbocycles. The quantitative estimate of drug-likeness (QED) is 0.372. The first-order chi connectivity index (χ1) is 16.9. The lowest BCUT2D eigenvalue weighted by atomic mass is 9.83. The summed E-state index contributed by atoms with van der Waals surface area (Å²) in [5.41, 5.74) is 9.33. The van der Waals surface area contributed by atoms with Crippen molar-refractivity contribution in [1.29, 1.82) is 5.26 Å². The molecule has 0 bridgehead atoms. The van der Waals surface area contributed by atoms with Gasteiger partial charge in [-0.3, -0.25) is 0 Å². The number of allylic oxidation sites excluding steroid dienone is 1. The Bertz CT molecular complexity index is 1340. The third-order valence-electron chi connectivity index (χ3n) is 5.64. The lowest BCUT2D eigenvalue weighted by Crippen LogP contribution is -2.21. The van der Waals surface area contributed by atoms with Crippen LogP contribution in [0.3, 0.4) is 0 Å². The van der Waals surface area contributed by atoms with Crippen LogP contribution >= 0.6 is 0 Å². The molecule has 1 heterocycles. The number of esters is 1. The van der Waals surface area contributed by atoms with Gasteiger partial charge in [-0.15, -0.1) is 0 Å². The summed E-state index contributed by atoms with van der Waals surface area (Å²) in [6.45, 7) is 4.50. The van der Waals surface area contributed by atoms with Gasteiger partial charge in [0.2, 0.25) is 5.88 Å². The maximum Gasteiger partial charge on any atom is 0.343 e. The lowest BCUT2D eigenvalue weighted by Gasteiger charge is -2.27. The van der Waals surface area contributed by atoms with E-state index in [0.29, 0.717) is 35.2 Å². The lowest BCUT2D eigenvalue weighted by molar-refractivity contribution is 0.0734. The molecular weight excluding hydrogens is 444 g/mol. The minimum Gasteiger partial charge on any atom is -0.493 e. The van der Waals surface area contributed by atoms with Gasteiger partial charge >= 0.3 is 5.97 Å². The van der Waals surface area contributed by atoms with Crippen molar-refractivity contribution in [2.75, 3.05) is 13.7 Å². The first-order valence-corrected chi connectivity index (χ1v) is 11.3. The monoisotopic (exact) mass is 470 g/mol. The van der Waals surface area contributed by atoms with Crippen LogP contribution in [0.1, 0.15) is 46.3 Å². The van der Waals surface area contributed by atoms with Gasteiger partial charge in [0.05, 0.1) is 25.2 Å². The molecule has 1 aliphatic rings. The van der Waals surface area contributed by atoms with E-state index >= 15 is 0 Å². The second-order valence-corrected chi connectivity index (χ2v) is 8.14. The predicted molar refractivity (Wildman–Crippen MR) is 131 cm³/mol. The van der Waals surface area contributed by atoms with Crippen LogP contribution in [-0.4, -0.2) is 19.7 Å². The Morgan fingerprint density at radius 3 is 2.66 bits per heavy atom. The molecule has 3 aromatic carbocycles. The molecule has 0 spiro atoms. The van der Waals surface area contributed by atoms with Crippen LogP contribution in [0.2, 0.25) is 0 Å². The predicted octanol–water partition coefficient (Wildman–Crippen LogP) is 5.23. The molecular formula is C28H26N2O5. The SMILES string of the molecule is CCCOc1ccc(C2C(C#N)=C(N)Oc3cc(OC(=O)c4cccc(C)c4)ccc32)cc1OC. The van der Waals surface area contributed by atoms with E-state index in [4.69, 9.17) is 24.7 Å². The number of hydrogen-bond acceptors (Lipinski definition) is 7. The van der Waals surface area contributed by atoms with Crippen LogP contribution in [0.4, 0.5) is 0 Å². The molecule has 3 aromatic rings. The topological polar surface area (TPSA) is 104 Å². The second-order valence-electron chi connectivity index (χ2n) is 8.14. The van der Waals surface area contributed by atoms with Gasteiger partial charge in [-0.2, -0.15) is 5.26 Å². The van der Waals surface area contributed by atoms with Crippen LogP contribution in [0, 0.1) is 18.3 Å². The van der Waals surface area contributed by atoms with E-state index in [0.717, 1.165) is 23.1 Å². The number of fused-ring (bicyclic) bond motifs is 1. The molecule has 1 aliphatic heterocycles. The van der Waals surface area contributed by atoms with Crippen molar-refractivity contribution < 1.29 is 23.7 Å². The minimum atomic E-state index is -0.487. The van der Waals surface area contributed by atoms with Gasteiger partial charge in [-0.05, 0) is 49.2 Å². The molecule has 1 unspecified atom stereocenters. The van der Waals surface area contributed by atoms with Gasteiger partial charge in [-0.25, -0.2) is 4.79 Å². The number of rotatable bonds is 7. The summed E-state index contributed by atoms with van der Waals surface area (Å²) in [5, 5.41) is 9.84. The molecule has 7 heteroatoms. The van der Waals surface area contributed by atoms with Crippen molar-refractivity contribution in [3.05, 3.63) is 94.4 Å². The van der Waals surface area contributed by atoms with E-state index in [1.807, 2.05) is 38.1 Å². The molecule has 7 nitrogen and oxygen atoms in total. The van der Waals surface area contributed by atoms with Crippen molar-refractivity contribution in [3.8, 4) is 29.1 Å². The van der Waals surface area contributed by atoms with Crippen LogP contribution < -0.4 is 24.7 Å². The normalized spacial score (nSPS) is 14.4. The fourth-order valence-corrected chi connectivity index (χ4v) is 3.98. The van der Waals surface area contributed by atoms with Crippen molar-refractivity contribution in [3.63, 3.8) is 0 Å². The zero-order chi connectivity index (χ0) is 24.9. The number of carbonyl (C=O) groups is 1. The Labute approximate surface area is 204 Å². The number of hydrogen-bond donors (Lipinski definition) is 1. The first kappa shape index (κ1) is 23.7. The molecule has 35 heavy (non-hydrogen) atoms. The Morgan fingerprint density at radius 1 is 1.11 bits per heavy atom. The van der Waals surface area contributed by atoms with Gasteiger partial charge in [-0.1, -0.05) is 36.8 Å². The summed E-state index contributed by atoms with van der Waals surface area (Å²) in [7, 11) is 1.57. The van der Waals surface area contributed by atoms with Gasteiger partial charge in [0.15, 0.2) is 11.5 Å². The van der Waals surface area contributed by atoms with Crippen LogP contribution in [0.25, 0.3) is 0 Å². The zero-order valence-corrected chi connectivity index (χ0v) is 19.8. The summed E-state index contributed by atoms with van der Waals surface area (Å²) < 4.78 is 22.6. The van der Waals surface area contributed by atoms with Gasteiger partial charge in [0.1, 0.15) is 23.1 Å². The van der Waals surface area contributed by atoms with Crippen molar-refractivity contribution >= 4 is 5.97 Å². The number of ether oxygens (including phenoxy) is 4. The highest BCUT2D eigenvalue weighted by Crippen LogP contribution is 2.45. The van der Waals surface area contributed by atoms with Gasteiger partial charge < -0.3 is 24.7 Å². The molecule has 0 saturated heterocycles. The number of aryl methyl sites for hydroxylation is 1. The summed E-state index contributed by atoms with van der Waals surface area (Å²) in [6, 6.07) is 19.9. The third-order valence-corrected chi connectivity index (χ3v) is 5.64. The second kappa shape index (κ2) is 10.2. The maximum atomic E-state index is 12.6. The van der Waals surface area contributed by atoms with E-state index in [-0.39, 0.29) is 11.5 Å². The van der Waals surface area contributed by atoms with Crippen LogP contribution in [0.5, 0.6) is 23.0 Å². The zero-order valence-electron chi connectivity index (χ0n) is 19.8. The molecule has 4 rings (SSSR count). The minimum absolute atomic E-state index is 0.00237. The molecule has 0 saturated carbocycles. The van der Waals surface area contributed by atoms with Crippen molar-refractivity contribution in [2.45, 2.75) is 26.2 Å². The fourth-order valence-electron chi connectivity index (χ4n) is 3.98. The molecule has 0 amide bonds. The van der Waals surface area contributed by atoms with E-state index in [1.165, 1.54) is 0 Å². The molecule has 0 radical (unpaired) electrons. The Hall–Kier alpha value is -4.44. The number of nitrogens with zero attached hydrogens (tertiary/aromatic N) is 1. The Morgan fingerprint density at radius 2 is 1.94 bits per heavy atom. The Balaban J connectivity index is 1.69. The molecule has 2 N–H and O–H groups in total. The average molecular weight is 471 g/mol. The van der Waals surface area contributed by atoms with Crippen LogP contribution in [-0.2, 0) is 0 Å². The van der Waals surface area contributed by atoms with E-state index in [2.05, 4.69) is 6.07 Å². The van der Waals surface area contributed by atoms with Crippen molar-refractivity contribution in [2.24, 2.45) is 5.73 Å². The maximum absolute atomic E-state index is 12.6. The Kier molecular flexibility index (Phi) is 6.93. The molecule has 0 fully saturated rings. The number of benzene rings is 3. The summed E-state index contributed by atoms with van der Waals surface area (Å²) in [5.74, 6) is 0.934. The standard InChI is InChI=1S/C28H26N2O5/c1-4-12-33-23-11-8-18(14-25(23)32-3)26-21-10-9-20(15-24(21)35-27(30)22(26)16-29)34-28(31)19-7-5-6-17(2)13-19/h5-11,13-15,26H,4,12,30H2,1-3H3. The summed E-state index contributed by atoms with van der Waals surface area (Å²) >= 11 is 0. The fraction of sp³-hybridized carbons (Fsp3) is 0.214. The van der Waals surface area contributed by atoms with E-state index < -0.39 is 11.9 Å². The number of nitrogens with two attached hydrogens (primary N) is 1. The third kappa shape index (κ3) is 4.92. The largest absolute Gasteiger partial charge is 0.493 e. The first-order valence-electron chi connectivity index (χ1n) is 11.3. The number of carbonyl (C=O) groups excluding carboxylic acids is 1. The van der Waals surface area contributed by atoms with E-state index in [1.54, 1.807) is 43.5 Å². The average Bonchev–Trinajstić information content (AvgIpc) is 2.86. The summed E-state index contributed by atoms with van der Waals surface area (Å²) in [6.07, 6.45) is 0.868. The highest BCUT2D eigenvalue weighted by atomic mass is 16.5. The number of methoxy groups -OCH3 is 1. The van der Waals surface area contributed by atoms with Crippen molar-refractivity contribution in [1.82, 2.24) is 0 Å². The van der Waals surface area contributed by atoms with E-state index in [9.17, 15) is 10.1 Å². The van der Waals surface area contributed by atoms with Gasteiger partial charge in [0.25, 0.3) is 0 Å². The highest BCUT2D eigenvalue weighted by molar-refractivity contribution is 5.91. The number of nitriles is 1. The molecule has 178 valence electrons. The van der Waals surface area contributed by atoms with Gasteiger partial charge in [0, 0.05) is 11.6 Å². The van der Waals surface area contributed by atoms with Crippen LogP contribution in [0.15, 0.2) is 72.1 Å². The molecule has 1 atom stereocenters. The smallest absolute Gasteiger partial charge is 0.343 e. The molecule has 0 aromatic heterocycles. The summed E-state index contributed by atoms with van der Waals surface area (Å²) in [4.78, 5) is 12.6. The highest BCUT2D eigenvalue weighted by Gasteiger charge is 2.31.